The Morgan fingerprint density at radius 3 is 0.829 bits per heavy atom. The predicted octanol–water partition coefficient (Wildman–Crippen LogP) is 14.2. The second-order valence-electron chi connectivity index (χ2n) is 25.6. The van der Waals surface area contributed by atoms with Crippen LogP contribution in [0.15, 0.2) is 214 Å². The Labute approximate surface area is 705 Å². The molecule has 4 atom stereocenters. The van der Waals surface area contributed by atoms with Crippen LogP contribution in [0.3, 0.4) is 0 Å². The van der Waals surface area contributed by atoms with Crippen LogP contribution in [0.2, 0.25) is 0 Å². The maximum atomic E-state index is 13.0. The lowest BCUT2D eigenvalue weighted by Crippen LogP contribution is -2.36. The van der Waals surface area contributed by atoms with Gasteiger partial charge in [0, 0.05) is 24.3 Å². The van der Waals surface area contributed by atoms with Gasteiger partial charge in [-0.25, -0.2) is 67.1 Å². The number of aryl methyl sites for hydroxylation is 1. The van der Waals surface area contributed by atoms with Crippen LogP contribution in [-0.4, -0.2) is 175 Å². The van der Waals surface area contributed by atoms with E-state index >= 15 is 0 Å². The van der Waals surface area contributed by atoms with Crippen LogP contribution < -0.4 is 37.9 Å². The van der Waals surface area contributed by atoms with Gasteiger partial charge in [-0.05, 0) is 221 Å². The first-order chi connectivity index (χ1) is 59.4. The summed E-state index contributed by atoms with van der Waals surface area (Å²) in [5, 5.41) is 0. The molecule has 0 bridgehead atoms. The molecule has 2 saturated heterocycles. The van der Waals surface area contributed by atoms with Crippen molar-refractivity contribution < 1.29 is 162 Å². The molecule has 2 aliphatic heterocycles. The third-order valence-electron chi connectivity index (χ3n) is 16.6. The summed E-state index contributed by atoms with van der Waals surface area (Å²) in [5.74, 6) is -4.66. The summed E-state index contributed by atoms with van der Waals surface area (Å²) >= 11 is 0. The SMILES string of the molecule is C=CC(=O)OCCCCC.C=CC(=O)OCCCCOC(=O)Oc1ccc(C(=O)Oc2ccc(C(=O)O[C@H]3COC4C3OC[C@H]4OC(=O)c3ccc(OC(=O)c4ccc(OC(=O)OC)cc4)cc3)cc2)cc1.C=CC(=O)OCCCCOC(=O)Oc1ccc(C(=O)Oc2ccc(OC(=O)c3ccc(OC(=O)OCCCCOC(=O)C=C)cc3)c(C)c2)cc1. The Kier molecular flexibility index (Phi) is 39.9. The van der Waals surface area contributed by atoms with Crippen LogP contribution in [0.1, 0.15) is 132 Å². The van der Waals surface area contributed by atoms with E-state index in [0.29, 0.717) is 50.7 Å². The van der Waals surface area contributed by atoms with Gasteiger partial charge in [0.05, 0.1) is 100.0 Å². The number of hydrogen-bond donors (Lipinski definition) is 0. The van der Waals surface area contributed by atoms with Gasteiger partial charge < -0.3 is 94.7 Å². The smallest absolute Gasteiger partial charge is 0.463 e. The van der Waals surface area contributed by atoms with Gasteiger partial charge in [0.1, 0.15) is 58.2 Å². The van der Waals surface area contributed by atoms with Crippen molar-refractivity contribution in [2.24, 2.45) is 0 Å². The van der Waals surface area contributed by atoms with Gasteiger partial charge in [0.2, 0.25) is 0 Å². The average molecular weight is 1700 g/mol. The number of benzene rings is 7. The molecule has 0 N–H and O–H groups in total. The highest BCUT2D eigenvalue weighted by molar-refractivity contribution is 5.95. The number of carbonyl (C=O) groups is 14. The normalized spacial score (nSPS) is 13.7. The molecule has 7 aromatic rings. The van der Waals surface area contributed by atoms with Crippen molar-refractivity contribution in [3.8, 4) is 46.0 Å². The lowest BCUT2D eigenvalue weighted by atomic mass is 10.1. The zero-order valence-electron chi connectivity index (χ0n) is 67.1. The molecule has 2 unspecified atom stereocenters. The average Bonchev–Trinajstić information content (AvgIpc) is 1.64. The van der Waals surface area contributed by atoms with Crippen molar-refractivity contribution in [1.29, 1.82) is 0 Å². The van der Waals surface area contributed by atoms with Gasteiger partial charge in [-0.3, -0.25) is 0 Å². The highest BCUT2D eigenvalue weighted by Gasteiger charge is 2.51. The van der Waals surface area contributed by atoms with E-state index in [1.807, 2.05) is 0 Å². The van der Waals surface area contributed by atoms with E-state index < -0.39 is 103 Å². The third kappa shape index (κ3) is 33.9. The van der Waals surface area contributed by atoms with Crippen molar-refractivity contribution >= 4 is 84.3 Å². The monoisotopic (exact) mass is 1700 g/mol. The van der Waals surface area contributed by atoms with E-state index in [-0.39, 0.29) is 138 Å². The van der Waals surface area contributed by atoms with Crippen LogP contribution in [0.25, 0.3) is 0 Å². The van der Waals surface area contributed by atoms with Gasteiger partial charge in [-0.1, -0.05) is 46.1 Å². The number of hydrogen-bond acceptors (Lipinski definition) is 34. The number of esters is 10. The zero-order valence-corrected chi connectivity index (χ0v) is 67.1. The molecule has 2 fully saturated rings. The quantitative estimate of drug-likeness (QED) is 0.00862. The second kappa shape index (κ2) is 51.5. The van der Waals surface area contributed by atoms with Gasteiger partial charge in [0.25, 0.3) is 0 Å². The minimum atomic E-state index is -0.940. The maximum Gasteiger partial charge on any atom is 0.513 e. The third-order valence-corrected chi connectivity index (χ3v) is 16.6. The first-order valence-electron chi connectivity index (χ1n) is 38.1. The maximum absolute atomic E-state index is 13.0. The first kappa shape index (κ1) is 95.3. The van der Waals surface area contributed by atoms with Crippen LogP contribution in [0, 0.1) is 6.92 Å². The molecule has 0 saturated carbocycles. The molecular weight excluding hydrogens is 1610 g/mol. The van der Waals surface area contributed by atoms with E-state index in [1.165, 1.54) is 177 Å². The summed E-state index contributed by atoms with van der Waals surface area (Å²) in [4.78, 5) is 167. The van der Waals surface area contributed by atoms with E-state index in [2.05, 4.69) is 38.0 Å². The van der Waals surface area contributed by atoms with E-state index in [0.717, 1.165) is 37.5 Å². The summed E-state index contributed by atoms with van der Waals surface area (Å²) in [7, 11) is 1.17. The van der Waals surface area contributed by atoms with Crippen LogP contribution in [0.4, 0.5) is 19.2 Å². The Morgan fingerprint density at radius 1 is 0.309 bits per heavy atom. The Bertz CT molecular complexity index is 4780. The van der Waals surface area contributed by atoms with Crippen molar-refractivity contribution in [3.63, 3.8) is 0 Å². The second-order valence-corrected chi connectivity index (χ2v) is 25.6. The Morgan fingerprint density at radius 2 is 0.553 bits per heavy atom. The van der Waals surface area contributed by atoms with Crippen LogP contribution in [-0.2, 0) is 76.0 Å². The van der Waals surface area contributed by atoms with Crippen molar-refractivity contribution in [2.75, 3.05) is 66.6 Å². The largest absolute Gasteiger partial charge is 0.513 e. The van der Waals surface area contributed by atoms with Gasteiger partial charge in [-0.2, -0.15) is 0 Å². The fourth-order valence-corrected chi connectivity index (χ4v) is 10.3. The fraction of sp³-hybridized carbons (Fsp3) is 0.281. The molecule has 34 heteroatoms. The molecule has 2 aliphatic rings. The predicted molar refractivity (Wildman–Crippen MR) is 428 cm³/mol. The number of unbranched alkanes of at least 4 members (excludes halogenated alkanes) is 5. The standard InChI is InChI=1S/C44H38O18.C37H36O14.C8H14O2/c1-3-36(45)53-22-4-5-23-54-44(51)60-33-20-12-27(13-21-33)40(47)58-31-16-8-29(9-17-31)42(49)62-35-25-56-37-34(24-55-38(35)37)61-41(48)28-6-14-30(15-7-28)57-39(46)26-10-18-32(19-11-26)59-43(50)52-2;1-4-32(38)44-20-6-8-22-46-36(42)49-28-14-10-26(11-15-28)34(40)48-30-18-19-31(25(3)24-30)51-35(41)27-12-16-29(17-13-27)50-37(43)47-23-9-7-21-45-33(39)5-2;1-3-5-6-7-10-8(9)4-2/h3,6-21,34-35,37-38H,1,4-5,22-25H2,2H3;4-5,10-19,24H,1-2,6-9,20-23H2,3H3;4H,2-3,5-7H2,1H3/t34-,35+,37?,38?;;/m1../s1. The van der Waals surface area contributed by atoms with Gasteiger partial charge in [0.15, 0.2) is 12.2 Å². The minimum Gasteiger partial charge on any atom is -0.463 e. The molecule has 123 heavy (non-hydrogen) atoms. The Balaban J connectivity index is 0.000000309. The molecule has 0 aromatic heterocycles. The fourth-order valence-electron chi connectivity index (χ4n) is 10.3. The molecule has 0 spiro atoms. The van der Waals surface area contributed by atoms with Crippen LogP contribution in [0.5, 0.6) is 46.0 Å². The number of ether oxygens (including phenoxy) is 20. The number of carbonyl (C=O) groups excluding carboxylic acids is 14. The number of rotatable bonds is 39. The molecular formula is C89H88O34. The molecule has 0 radical (unpaired) electrons. The highest BCUT2D eigenvalue weighted by atomic mass is 16.7. The van der Waals surface area contributed by atoms with Crippen LogP contribution >= 0.6 is 0 Å². The molecule has 0 amide bonds. The van der Waals surface area contributed by atoms with E-state index in [9.17, 15) is 67.1 Å². The Hall–Kier alpha value is -14.8. The number of methoxy groups -OCH3 is 1. The lowest BCUT2D eigenvalue weighted by Gasteiger charge is -2.17. The summed E-state index contributed by atoms with van der Waals surface area (Å²) in [6.45, 7) is 18.2. The van der Waals surface area contributed by atoms with E-state index in [4.69, 9.17) is 90.0 Å². The molecule has 2 heterocycles. The lowest BCUT2D eigenvalue weighted by molar-refractivity contribution is -0.138. The molecule has 7 aromatic carbocycles. The molecule has 34 nitrogen and oxygen atoms in total. The van der Waals surface area contributed by atoms with E-state index in [1.54, 1.807) is 6.92 Å². The summed E-state index contributed by atoms with van der Waals surface area (Å²) in [6.07, 6.45) is 3.73. The summed E-state index contributed by atoms with van der Waals surface area (Å²) in [6, 6.07) is 38.3. The number of fused-ring (bicyclic) bond motifs is 1. The van der Waals surface area contributed by atoms with Crippen molar-refractivity contribution in [3.05, 3.63) is 253 Å². The topological polar surface area (TPSA) is 424 Å². The summed E-state index contributed by atoms with van der Waals surface area (Å²) in [5.41, 5.74) is 1.56. The zero-order chi connectivity index (χ0) is 88.8. The molecule has 648 valence electrons. The molecule has 9 rings (SSSR count). The van der Waals surface area contributed by atoms with Crippen molar-refractivity contribution in [1.82, 2.24) is 0 Å². The summed E-state index contributed by atoms with van der Waals surface area (Å²) < 4.78 is 103. The minimum absolute atomic E-state index is 0.00412. The van der Waals surface area contributed by atoms with Gasteiger partial charge >= 0.3 is 84.3 Å². The highest BCUT2D eigenvalue weighted by Crippen LogP contribution is 2.33. The first-order valence-corrected chi connectivity index (χ1v) is 38.1. The van der Waals surface area contributed by atoms with Crippen molar-refractivity contribution in [2.45, 2.75) is 96.1 Å². The van der Waals surface area contributed by atoms with Gasteiger partial charge in [-0.15, -0.1) is 0 Å². The molecule has 0 aliphatic carbocycles.